The third-order valence-corrected chi connectivity index (χ3v) is 3.92. The third-order valence-electron chi connectivity index (χ3n) is 2.51. The first-order valence-electron chi connectivity index (χ1n) is 6.09. The molecule has 0 aliphatic heterocycles. The lowest BCUT2D eigenvalue weighted by Gasteiger charge is -2.15. The molecule has 21 heavy (non-hydrogen) atoms. The van der Waals surface area contributed by atoms with Crippen molar-refractivity contribution in [2.45, 2.75) is 37.3 Å². The summed E-state index contributed by atoms with van der Waals surface area (Å²) in [6.45, 7) is 1.01. The molecular weight excluding hydrogens is 316 g/mol. The number of sulfonamides is 1. The van der Waals surface area contributed by atoms with Crippen LogP contribution in [0.15, 0.2) is 11.2 Å². The van der Waals surface area contributed by atoms with Gasteiger partial charge in [0.1, 0.15) is 0 Å². The van der Waals surface area contributed by atoms with E-state index in [1.165, 1.54) is 10.9 Å². The van der Waals surface area contributed by atoms with E-state index in [0.717, 1.165) is 6.42 Å². The fourth-order valence-electron chi connectivity index (χ4n) is 1.40. The molecule has 0 atom stereocenters. The summed E-state index contributed by atoms with van der Waals surface area (Å²) < 4.78 is 74.6. The molecule has 0 unspecified atom stereocenters. The predicted molar refractivity (Wildman–Crippen MR) is 66.7 cm³/mol. The van der Waals surface area contributed by atoms with Crippen molar-refractivity contribution in [1.29, 1.82) is 0 Å². The van der Waals surface area contributed by atoms with Crippen molar-refractivity contribution in [1.82, 2.24) is 20.2 Å². The number of nitrogens with one attached hydrogen (secondary N) is 3. The number of aromatic nitrogens is 2. The highest BCUT2D eigenvalue weighted by Gasteiger charge is 2.41. The molecule has 0 fully saturated rings. The zero-order chi connectivity index (χ0) is 16.1. The number of hydrogen-bond donors (Lipinski definition) is 3. The molecule has 0 saturated heterocycles. The molecule has 1 heterocycles. The standard InChI is InChI=1S/C10H16F4N4O2S/c1-2-3-15-4-7-5-16-18-8(7)21(19,20)17-6-10(13,14)9(11)12/h5,9,15,17H,2-4,6H2,1H3,(H,16,18). The Hall–Kier alpha value is -1.20. The summed E-state index contributed by atoms with van der Waals surface area (Å²) in [5.74, 6) is -4.44. The van der Waals surface area contributed by atoms with Crippen LogP contribution in [-0.2, 0) is 16.6 Å². The molecule has 6 nitrogen and oxygen atoms in total. The quantitative estimate of drug-likeness (QED) is 0.467. The zero-order valence-electron chi connectivity index (χ0n) is 11.2. The van der Waals surface area contributed by atoms with Crippen LogP contribution in [0.1, 0.15) is 18.9 Å². The molecule has 0 aliphatic carbocycles. The van der Waals surface area contributed by atoms with E-state index in [-0.39, 0.29) is 12.1 Å². The van der Waals surface area contributed by atoms with Gasteiger partial charge in [-0.3, -0.25) is 5.10 Å². The molecule has 122 valence electrons. The van der Waals surface area contributed by atoms with Crippen LogP contribution < -0.4 is 10.0 Å². The number of H-pyrrole nitrogens is 1. The first kappa shape index (κ1) is 17.9. The second-order valence-electron chi connectivity index (χ2n) is 4.29. The minimum atomic E-state index is -4.44. The van der Waals surface area contributed by atoms with E-state index in [2.05, 4.69) is 15.5 Å². The van der Waals surface area contributed by atoms with Gasteiger partial charge in [-0.1, -0.05) is 6.92 Å². The van der Waals surface area contributed by atoms with E-state index in [9.17, 15) is 26.0 Å². The van der Waals surface area contributed by atoms with Crippen LogP contribution in [0.2, 0.25) is 0 Å². The molecule has 0 aromatic carbocycles. The van der Waals surface area contributed by atoms with Gasteiger partial charge in [0.25, 0.3) is 10.0 Å². The molecule has 0 bridgehead atoms. The molecular formula is C10H16F4N4O2S. The molecule has 0 saturated carbocycles. The van der Waals surface area contributed by atoms with Gasteiger partial charge in [0.2, 0.25) is 0 Å². The number of halogens is 4. The van der Waals surface area contributed by atoms with E-state index in [1.807, 2.05) is 6.92 Å². The fourth-order valence-corrected chi connectivity index (χ4v) is 2.57. The van der Waals surface area contributed by atoms with E-state index in [4.69, 9.17) is 0 Å². The maximum Gasteiger partial charge on any atom is 0.320 e. The normalized spacial score (nSPS) is 13.0. The van der Waals surface area contributed by atoms with Gasteiger partial charge in [-0.15, -0.1) is 0 Å². The number of nitrogens with zero attached hydrogens (tertiary/aromatic N) is 1. The molecule has 0 spiro atoms. The van der Waals surface area contributed by atoms with E-state index in [1.54, 1.807) is 0 Å². The number of hydrogen-bond acceptors (Lipinski definition) is 4. The minimum Gasteiger partial charge on any atom is -0.313 e. The minimum absolute atomic E-state index is 0.159. The highest BCUT2D eigenvalue weighted by atomic mass is 32.2. The molecule has 3 N–H and O–H groups in total. The van der Waals surface area contributed by atoms with Crippen LogP contribution in [0, 0.1) is 0 Å². The number of rotatable bonds is 9. The Morgan fingerprint density at radius 2 is 2.10 bits per heavy atom. The van der Waals surface area contributed by atoms with E-state index in [0.29, 0.717) is 6.54 Å². The summed E-state index contributed by atoms with van der Waals surface area (Å²) >= 11 is 0. The van der Waals surface area contributed by atoms with Crippen molar-refractivity contribution in [3.8, 4) is 0 Å². The van der Waals surface area contributed by atoms with Crippen molar-refractivity contribution in [3.05, 3.63) is 11.8 Å². The van der Waals surface area contributed by atoms with Gasteiger partial charge in [0.05, 0.1) is 12.7 Å². The van der Waals surface area contributed by atoms with Crippen molar-refractivity contribution in [2.24, 2.45) is 0 Å². The fraction of sp³-hybridized carbons (Fsp3) is 0.700. The molecule has 1 aromatic rings. The molecule has 1 aromatic heterocycles. The largest absolute Gasteiger partial charge is 0.320 e. The van der Waals surface area contributed by atoms with Gasteiger partial charge in [0.15, 0.2) is 5.03 Å². The summed E-state index contributed by atoms with van der Waals surface area (Å²) in [6.07, 6.45) is -1.91. The summed E-state index contributed by atoms with van der Waals surface area (Å²) in [7, 11) is -4.37. The Bertz CT molecular complexity index is 547. The van der Waals surface area contributed by atoms with Gasteiger partial charge in [-0.05, 0) is 13.0 Å². The van der Waals surface area contributed by atoms with Crippen molar-refractivity contribution >= 4 is 10.0 Å². The molecule has 0 amide bonds. The van der Waals surface area contributed by atoms with Crippen LogP contribution in [0.25, 0.3) is 0 Å². The highest BCUT2D eigenvalue weighted by molar-refractivity contribution is 7.89. The Kier molecular flexibility index (Phi) is 6.10. The SMILES string of the molecule is CCCNCc1cn[nH]c1S(=O)(=O)NCC(F)(F)C(F)F. The molecule has 0 radical (unpaired) electrons. The second kappa shape index (κ2) is 7.18. The Morgan fingerprint density at radius 3 is 2.67 bits per heavy atom. The molecule has 1 rings (SSSR count). The van der Waals surface area contributed by atoms with Crippen molar-refractivity contribution in [2.75, 3.05) is 13.1 Å². The Morgan fingerprint density at radius 1 is 1.43 bits per heavy atom. The third kappa shape index (κ3) is 4.93. The monoisotopic (exact) mass is 332 g/mol. The Balaban J connectivity index is 2.77. The maximum absolute atomic E-state index is 12.8. The number of aromatic amines is 1. The van der Waals surface area contributed by atoms with Gasteiger partial charge in [-0.25, -0.2) is 21.9 Å². The lowest BCUT2D eigenvalue weighted by atomic mass is 10.3. The lowest BCUT2D eigenvalue weighted by Crippen LogP contribution is -2.41. The lowest BCUT2D eigenvalue weighted by molar-refractivity contribution is -0.122. The van der Waals surface area contributed by atoms with E-state index >= 15 is 0 Å². The van der Waals surface area contributed by atoms with Crippen molar-refractivity contribution in [3.63, 3.8) is 0 Å². The topological polar surface area (TPSA) is 86.9 Å². The average Bonchev–Trinajstić information content (AvgIpc) is 2.86. The van der Waals surface area contributed by atoms with Crippen LogP contribution in [-0.4, -0.2) is 44.1 Å². The zero-order valence-corrected chi connectivity index (χ0v) is 12.0. The molecule has 11 heteroatoms. The molecule has 0 aliphatic rings. The van der Waals surface area contributed by atoms with Crippen LogP contribution in [0.3, 0.4) is 0 Å². The van der Waals surface area contributed by atoms with Gasteiger partial charge in [0, 0.05) is 12.1 Å². The van der Waals surface area contributed by atoms with E-state index < -0.39 is 33.9 Å². The highest BCUT2D eigenvalue weighted by Crippen LogP contribution is 2.22. The maximum atomic E-state index is 12.8. The smallest absolute Gasteiger partial charge is 0.313 e. The van der Waals surface area contributed by atoms with Gasteiger partial charge in [-0.2, -0.15) is 13.9 Å². The summed E-state index contributed by atoms with van der Waals surface area (Å²) in [5.41, 5.74) is 0.233. The van der Waals surface area contributed by atoms with Crippen LogP contribution >= 0.6 is 0 Å². The predicted octanol–water partition coefficient (Wildman–Crippen LogP) is 1.09. The van der Waals surface area contributed by atoms with Gasteiger partial charge >= 0.3 is 12.3 Å². The first-order chi connectivity index (χ1) is 9.70. The van der Waals surface area contributed by atoms with Crippen LogP contribution in [0.4, 0.5) is 17.6 Å². The Labute approximate surface area is 119 Å². The number of alkyl halides is 4. The average molecular weight is 332 g/mol. The summed E-state index contributed by atoms with van der Waals surface area (Å²) in [5, 5.41) is 8.19. The first-order valence-corrected chi connectivity index (χ1v) is 7.57. The van der Waals surface area contributed by atoms with Crippen molar-refractivity contribution < 1.29 is 26.0 Å². The van der Waals surface area contributed by atoms with Crippen LogP contribution in [0.5, 0.6) is 0 Å². The second-order valence-corrected chi connectivity index (χ2v) is 5.99. The summed E-state index contributed by atoms with van der Waals surface area (Å²) in [4.78, 5) is 0. The summed E-state index contributed by atoms with van der Waals surface area (Å²) in [6, 6.07) is 0. The van der Waals surface area contributed by atoms with Gasteiger partial charge < -0.3 is 5.32 Å².